The molecule has 0 aliphatic carbocycles. The first-order chi connectivity index (χ1) is 13.2. The number of hydrogen-bond acceptors (Lipinski definition) is 6. The molecule has 27 heavy (non-hydrogen) atoms. The number of rotatable bonds is 7. The van der Waals surface area contributed by atoms with E-state index in [0.717, 1.165) is 21.4 Å². The molecule has 3 aromatic heterocycles. The molecule has 0 unspecified atom stereocenters. The summed E-state index contributed by atoms with van der Waals surface area (Å²) in [6.07, 6.45) is 0.634. The van der Waals surface area contributed by atoms with Gasteiger partial charge in [0.1, 0.15) is 11.6 Å². The number of amides is 1. The maximum atomic E-state index is 12.8. The van der Waals surface area contributed by atoms with E-state index in [2.05, 4.69) is 15.4 Å². The number of aromatic nitrogens is 3. The van der Waals surface area contributed by atoms with Crippen LogP contribution in [0.2, 0.25) is 0 Å². The van der Waals surface area contributed by atoms with E-state index in [-0.39, 0.29) is 18.3 Å². The highest BCUT2D eigenvalue weighted by atomic mass is 32.1. The van der Waals surface area contributed by atoms with E-state index in [1.807, 2.05) is 27.4 Å². The van der Waals surface area contributed by atoms with E-state index in [9.17, 15) is 9.18 Å². The minimum absolute atomic E-state index is 0.115. The van der Waals surface area contributed by atoms with Crippen molar-refractivity contribution in [1.29, 1.82) is 0 Å². The van der Waals surface area contributed by atoms with E-state index < -0.39 is 0 Å². The second kappa shape index (κ2) is 7.85. The first-order valence-corrected chi connectivity index (χ1v) is 9.97. The predicted octanol–water partition coefficient (Wildman–Crippen LogP) is 3.40. The van der Waals surface area contributed by atoms with E-state index in [0.29, 0.717) is 18.7 Å². The van der Waals surface area contributed by atoms with Crippen LogP contribution in [0.4, 0.5) is 4.39 Å². The summed E-state index contributed by atoms with van der Waals surface area (Å²) in [5.74, 6) is 0.595. The number of nitrogens with zero attached hydrogens (tertiary/aromatic N) is 3. The summed E-state index contributed by atoms with van der Waals surface area (Å²) >= 11 is 3.13. The van der Waals surface area contributed by atoms with Crippen LogP contribution in [0.3, 0.4) is 0 Å². The number of fused-ring (bicyclic) bond motifs is 1. The zero-order valence-corrected chi connectivity index (χ0v) is 15.7. The molecular weight excluding hydrogens is 387 g/mol. The van der Waals surface area contributed by atoms with Gasteiger partial charge in [0.2, 0.25) is 4.96 Å². The van der Waals surface area contributed by atoms with Gasteiger partial charge in [0.15, 0.2) is 12.4 Å². The second-order valence-electron chi connectivity index (χ2n) is 5.68. The summed E-state index contributed by atoms with van der Waals surface area (Å²) in [6, 6.07) is 9.52. The molecule has 3 heterocycles. The van der Waals surface area contributed by atoms with Crippen molar-refractivity contribution in [3.8, 4) is 16.5 Å². The minimum Gasteiger partial charge on any atom is -0.484 e. The SMILES string of the molecule is O=C(COc1ccc(F)cc1)NCCc1csc2nc(-c3cccs3)nn12. The molecule has 0 radical (unpaired) electrons. The number of thiophene rings is 1. The van der Waals surface area contributed by atoms with Gasteiger partial charge in [-0.05, 0) is 35.7 Å². The fraction of sp³-hybridized carbons (Fsp3) is 0.167. The molecule has 4 aromatic rings. The Morgan fingerprint density at radius 2 is 2.07 bits per heavy atom. The number of thiazole rings is 1. The van der Waals surface area contributed by atoms with Crippen molar-refractivity contribution in [2.45, 2.75) is 6.42 Å². The van der Waals surface area contributed by atoms with Gasteiger partial charge in [-0.1, -0.05) is 6.07 Å². The molecule has 0 fully saturated rings. The Kier molecular flexibility index (Phi) is 5.12. The normalized spacial score (nSPS) is 11.0. The standard InChI is InChI=1S/C18H15FN4O2S2/c19-12-3-5-14(6-4-12)25-10-16(24)20-8-7-13-11-27-18-21-17(22-23(13)18)15-2-1-9-26-15/h1-6,9,11H,7-8,10H2,(H,20,24). The third-order valence-electron chi connectivity index (χ3n) is 3.78. The average Bonchev–Trinajstić information content (AvgIpc) is 3.39. The van der Waals surface area contributed by atoms with Crippen molar-refractivity contribution in [2.75, 3.05) is 13.2 Å². The van der Waals surface area contributed by atoms with Crippen LogP contribution in [-0.2, 0) is 11.2 Å². The van der Waals surface area contributed by atoms with Gasteiger partial charge in [-0.2, -0.15) is 4.98 Å². The van der Waals surface area contributed by atoms with Crippen LogP contribution in [0.5, 0.6) is 5.75 Å². The van der Waals surface area contributed by atoms with Crippen molar-refractivity contribution in [1.82, 2.24) is 19.9 Å². The number of benzene rings is 1. The molecule has 1 amide bonds. The summed E-state index contributed by atoms with van der Waals surface area (Å²) in [4.78, 5) is 18.3. The third kappa shape index (κ3) is 4.15. The van der Waals surface area contributed by atoms with Crippen LogP contribution < -0.4 is 10.1 Å². The summed E-state index contributed by atoms with van der Waals surface area (Å²) in [5.41, 5.74) is 0.991. The molecule has 0 saturated carbocycles. The monoisotopic (exact) mass is 402 g/mol. The van der Waals surface area contributed by atoms with E-state index in [1.165, 1.54) is 35.6 Å². The van der Waals surface area contributed by atoms with Crippen LogP contribution in [-0.4, -0.2) is 33.7 Å². The van der Waals surface area contributed by atoms with Gasteiger partial charge in [0.05, 0.1) is 10.6 Å². The molecule has 6 nitrogen and oxygen atoms in total. The smallest absolute Gasteiger partial charge is 0.257 e. The first kappa shape index (κ1) is 17.6. The quantitative estimate of drug-likeness (QED) is 0.514. The van der Waals surface area contributed by atoms with Gasteiger partial charge >= 0.3 is 0 Å². The zero-order chi connectivity index (χ0) is 18.6. The Morgan fingerprint density at radius 1 is 1.22 bits per heavy atom. The number of carbonyl (C=O) groups is 1. The fourth-order valence-electron chi connectivity index (χ4n) is 2.47. The van der Waals surface area contributed by atoms with Gasteiger partial charge in [-0.3, -0.25) is 4.79 Å². The molecular formula is C18H15FN4O2S2. The van der Waals surface area contributed by atoms with Crippen molar-refractivity contribution >= 4 is 33.5 Å². The molecule has 0 spiro atoms. The molecule has 1 aromatic carbocycles. The number of hydrogen-bond donors (Lipinski definition) is 1. The van der Waals surface area contributed by atoms with Crippen LogP contribution in [0, 0.1) is 5.82 Å². The number of halogens is 1. The number of nitrogens with one attached hydrogen (secondary N) is 1. The lowest BCUT2D eigenvalue weighted by atomic mass is 10.3. The van der Waals surface area contributed by atoms with Gasteiger partial charge in [-0.15, -0.1) is 27.8 Å². The summed E-state index contributed by atoms with van der Waals surface area (Å²) in [6.45, 7) is 0.349. The van der Waals surface area contributed by atoms with Crippen LogP contribution in [0.15, 0.2) is 47.2 Å². The molecule has 1 N–H and O–H groups in total. The predicted molar refractivity (Wildman–Crippen MR) is 103 cm³/mol. The van der Waals surface area contributed by atoms with Crippen LogP contribution in [0.25, 0.3) is 15.7 Å². The van der Waals surface area contributed by atoms with Gasteiger partial charge in [0, 0.05) is 18.3 Å². The highest BCUT2D eigenvalue weighted by molar-refractivity contribution is 7.15. The summed E-state index contributed by atoms with van der Waals surface area (Å²) < 4.78 is 20.0. The van der Waals surface area contributed by atoms with E-state index in [1.54, 1.807) is 11.3 Å². The Hall–Kier alpha value is -2.78. The van der Waals surface area contributed by atoms with Crippen molar-refractivity contribution < 1.29 is 13.9 Å². The number of ether oxygens (including phenoxy) is 1. The zero-order valence-electron chi connectivity index (χ0n) is 14.1. The van der Waals surface area contributed by atoms with Gasteiger partial charge in [0.25, 0.3) is 5.91 Å². The maximum absolute atomic E-state index is 12.8. The third-order valence-corrected chi connectivity index (χ3v) is 5.51. The topological polar surface area (TPSA) is 68.5 Å². The lowest BCUT2D eigenvalue weighted by Crippen LogP contribution is -2.30. The van der Waals surface area contributed by atoms with Crippen molar-refractivity contribution in [3.63, 3.8) is 0 Å². The number of carbonyl (C=O) groups excluding carboxylic acids is 1. The Bertz CT molecular complexity index is 1040. The Morgan fingerprint density at radius 3 is 2.85 bits per heavy atom. The fourth-order valence-corrected chi connectivity index (χ4v) is 3.98. The molecule has 138 valence electrons. The highest BCUT2D eigenvalue weighted by Gasteiger charge is 2.12. The molecule has 0 saturated heterocycles. The summed E-state index contributed by atoms with van der Waals surface area (Å²) in [7, 11) is 0. The van der Waals surface area contributed by atoms with Crippen LogP contribution >= 0.6 is 22.7 Å². The maximum Gasteiger partial charge on any atom is 0.257 e. The second-order valence-corrected chi connectivity index (χ2v) is 7.46. The lowest BCUT2D eigenvalue weighted by molar-refractivity contribution is -0.123. The average molecular weight is 402 g/mol. The molecule has 0 bridgehead atoms. The Balaban J connectivity index is 1.29. The molecule has 0 atom stereocenters. The van der Waals surface area contributed by atoms with Gasteiger partial charge < -0.3 is 10.1 Å². The molecule has 9 heteroatoms. The van der Waals surface area contributed by atoms with E-state index >= 15 is 0 Å². The van der Waals surface area contributed by atoms with Crippen molar-refractivity contribution in [2.24, 2.45) is 0 Å². The van der Waals surface area contributed by atoms with E-state index in [4.69, 9.17) is 4.74 Å². The molecule has 4 rings (SSSR count). The molecule has 0 aliphatic rings. The minimum atomic E-state index is -0.343. The van der Waals surface area contributed by atoms with Gasteiger partial charge in [-0.25, -0.2) is 8.91 Å². The first-order valence-electron chi connectivity index (χ1n) is 8.21. The highest BCUT2D eigenvalue weighted by Crippen LogP contribution is 2.24. The van der Waals surface area contributed by atoms with Crippen molar-refractivity contribution in [3.05, 3.63) is 58.7 Å². The Labute approximate surface area is 162 Å². The molecule has 0 aliphatic heterocycles. The largest absolute Gasteiger partial charge is 0.484 e. The van der Waals surface area contributed by atoms with Crippen LogP contribution in [0.1, 0.15) is 5.69 Å². The summed E-state index contributed by atoms with van der Waals surface area (Å²) in [5, 5.41) is 11.4. The lowest BCUT2D eigenvalue weighted by Gasteiger charge is -2.07.